The zero-order chi connectivity index (χ0) is 20.5. The predicted molar refractivity (Wildman–Crippen MR) is 106 cm³/mol. The smallest absolute Gasteiger partial charge is 0.272 e. The molecule has 0 aliphatic heterocycles. The van der Waals surface area contributed by atoms with Crippen molar-refractivity contribution < 1.29 is 19.2 Å². The van der Waals surface area contributed by atoms with Gasteiger partial charge in [-0.2, -0.15) is 0 Å². The van der Waals surface area contributed by atoms with Gasteiger partial charge in [-0.3, -0.25) is 19.7 Å². The van der Waals surface area contributed by atoms with Crippen LogP contribution in [0.1, 0.15) is 39.6 Å². The normalized spacial score (nSPS) is 10.4. The van der Waals surface area contributed by atoms with Crippen molar-refractivity contribution in [2.45, 2.75) is 20.3 Å². The van der Waals surface area contributed by atoms with E-state index < -0.39 is 10.8 Å². The minimum absolute atomic E-state index is 0.0421. The molecule has 0 aliphatic carbocycles. The Kier molecular flexibility index (Phi) is 7.65. The van der Waals surface area contributed by atoms with Gasteiger partial charge >= 0.3 is 0 Å². The number of amides is 2. The van der Waals surface area contributed by atoms with Crippen molar-refractivity contribution in [2.24, 2.45) is 0 Å². The number of nitro benzene ring substituents is 1. The van der Waals surface area contributed by atoms with Gasteiger partial charge < -0.3 is 15.4 Å². The topological polar surface area (TPSA) is 111 Å². The molecule has 0 spiro atoms. The van der Waals surface area contributed by atoms with Crippen LogP contribution in [0.25, 0.3) is 0 Å². The summed E-state index contributed by atoms with van der Waals surface area (Å²) in [7, 11) is 0. The molecule has 0 atom stereocenters. The number of benzene rings is 2. The lowest BCUT2D eigenvalue weighted by Crippen LogP contribution is -2.25. The summed E-state index contributed by atoms with van der Waals surface area (Å²) in [6, 6.07) is 10.7. The van der Waals surface area contributed by atoms with E-state index in [4.69, 9.17) is 4.74 Å². The summed E-state index contributed by atoms with van der Waals surface area (Å²) in [5.74, 6) is -0.647. The summed E-state index contributed by atoms with van der Waals surface area (Å²) in [5, 5.41) is 16.4. The second-order valence-electron chi connectivity index (χ2n) is 6.10. The molecule has 0 bridgehead atoms. The Morgan fingerprint density at radius 3 is 2.54 bits per heavy atom. The molecule has 0 saturated carbocycles. The number of hydrogen-bond acceptors (Lipinski definition) is 5. The van der Waals surface area contributed by atoms with Gasteiger partial charge in [0, 0.05) is 48.2 Å². The molecule has 148 valence electrons. The fraction of sp³-hybridized carbons (Fsp3) is 0.300. The Morgan fingerprint density at radius 2 is 1.86 bits per heavy atom. The fourth-order valence-corrected chi connectivity index (χ4v) is 2.57. The number of nitrogens with zero attached hydrogens (tertiary/aromatic N) is 1. The van der Waals surface area contributed by atoms with Crippen LogP contribution < -0.4 is 10.6 Å². The second kappa shape index (κ2) is 10.2. The number of rotatable bonds is 9. The van der Waals surface area contributed by atoms with Crippen LogP contribution in [0.4, 0.5) is 11.4 Å². The molecule has 0 fully saturated rings. The van der Waals surface area contributed by atoms with Gasteiger partial charge in [0.05, 0.1) is 4.92 Å². The first-order chi connectivity index (χ1) is 13.4. The van der Waals surface area contributed by atoms with Crippen LogP contribution in [0.5, 0.6) is 0 Å². The first-order valence-electron chi connectivity index (χ1n) is 8.94. The maximum Gasteiger partial charge on any atom is 0.272 e. The standard InChI is InChI=1S/C20H23N3O5/c1-3-28-11-5-10-21-19(24)15-6-4-7-17(13-15)22-20(25)16-8-9-18(23(26)27)14(2)12-16/h4,6-9,12-13H,3,5,10-11H2,1-2H3,(H,21,24)(H,22,25). The van der Waals surface area contributed by atoms with Crippen LogP contribution in [0, 0.1) is 17.0 Å². The lowest BCUT2D eigenvalue weighted by Gasteiger charge is -2.09. The van der Waals surface area contributed by atoms with E-state index in [1.807, 2.05) is 6.92 Å². The van der Waals surface area contributed by atoms with Crippen LogP contribution >= 0.6 is 0 Å². The molecule has 0 aromatic heterocycles. The van der Waals surface area contributed by atoms with Crippen LogP contribution in [-0.4, -0.2) is 36.5 Å². The van der Waals surface area contributed by atoms with Crippen molar-refractivity contribution in [3.8, 4) is 0 Å². The first-order valence-corrected chi connectivity index (χ1v) is 8.94. The highest BCUT2D eigenvalue weighted by molar-refractivity contribution is 6.05. The molecule has 0 radical (unpaired) electrons. The molecule has 8 heteroatoms. The maximum absolute atomic E-state index is 12.4. The number of carbonyl (C=O) groups excluding carboxylic acids is 2. The molecule has 0 unspecified atom stereocenters. The number of hydrogen-bond donors (Lipinski definition) is 2. The van der Waals surface area contributed by atoms with Crippen molar-refractivity contribution >= 4 is 23.2 Å². The van der Waals surface area contributed by atoms with Gasteiger partial charge in [0.25, 0.3) is 17.5 Å². The minimum Gasteiger partial charge on any atom is -0.382 e. The molecule has 2 aromatic carbocycles. The molecule has 2 N–H and O–H groups in total. The van der Waals surface area contributed by atoms with Gasteiger partial charge in [-0.1, -0.05) is 6.07 Å². The molecule has 0 aliphatic rings. The van der Waals surface area contributed by atoms with E-state index >= 15 is 0 Å². The molecule has 28 heavy (non-hydrogen) atoms. The Morgan fingerprint density at radius 1 is 1.11 bits per heavy atom. The number of carbonyl (C=O) groups is 2. The highest BCUT2D eigenvalue weighted by Crippen LogP contribution is 2.20. The van der Waals surface area contributed by atoms with Gasteiger partial charge in [0.2, 0.25) is 0 Å². The highest BCUT2D eigenvalue weighted by atomic mass is 16.6. The summed E-state index contributed by atoms with van der Waals surface area (Å²) in [4.78, 5) is 35.0. The lowest BCUT2D eigenvalue weighted by molar-refractivity contribution is -0.385. The summed E-state index contributed by atoms with van der Waals surface area (Å²) >= 11 is 0. The predicted octanol–water partition coefficient (Wildman–Crippen LogP) is 3.31. The van der Waals surface area contributed by atoms with Crippen molar-refractivity contribution in [2.75, 3.05) is 25.1 Å². The molecular weight excluding hydrogens is 362 g/mol. The summed E-state index contributed by atoms with van der Waals surface area (Å²) in [5.41, 5.74) is 1.54. The average molecular weight is 385 g/mol. The maximum atomic E-state index is 12.4. The van der Waals surface area contributed by atoms with E-state index in [1.165, 1.54) is 18.2 Å². The van der Waals surface area contributed by atoms with Gasteiger partial charge in [-0.15, -0.1) is 0 Å². The van der Waals surface area contributed by atoms with E-state index in [2.05, 4.69) is 10.6 Å². The van der Waals surface area contributed by atoms with E-state index in [-0.39, 0.29) is 11.6 Å². The third kappa shape index (κ3) is 5.88. The Bertz CT molecular complexity index is 867. The van der Waals surface area contributed by atoms with Crippen molar-refractivity contribution in [1.82, 2.24) is 5.32 Å². The number of nitro groups is 1. The largest absolute Gasteiger partial charge is 0.382 e. The number of ether oxygens (including phenoxy) is 1. The minimum atomic E-state index is -0.493. The number of nitrogens with one attached hydrogen (secondary N) is 2. The number of aryl methyl sites for hydroxylation is 1. The quantitative estimate of drug-likeness (QED) is 0.391. The molecule has 0 saturated heterocycles. The van der Waals surface area contributed by atoms with Crippen molar-refractivity contribution in [1.29, 1.82) is 0 Å². The van der Waals surface area contributed by atoms with E-state index in [0.717, 1.165) is 6.42 Å². The highest BCUT2D eigenvalue weighted by Gasteiger charge is 2.14. The van der Waals surface area contributed by atoms with Crippen LogP contribution in [0.3, 0.4) is 0 Å². The number of anilines is 1. The van der Waals surface area contributed by atoms with Crippen LogP contribution in [0.2, 0.25) is 0 Å². The summed E-state index contributed by atoms with van der Waals surface area (Å²) < 4.78 is 5.22. The third-order valence-electron chi connectivity index (χ3n) is 3.99. The lowest BCUT2D eigenvalue weighted by atomic mass is 10.1. The molecule has 2 amide bonds. The molecule has 2 rings (SSSR count). The van der Waals surface area contributed by atoms with Crippen LogP contribution in [0.15, 0.2) is 42.5 Å². The molecule has 0 heterocycles. The van der Waals surface area contributed by atoms with Crippen molar-refractivity contribution in [3.63, 3.8) is 0 Å². The second-order valence-corrected chi connectivity index (χ2v) is 6.10. The zero-order valence-electron chi connectivity index (χ0n) is 15.9. The van der Waals surface area contributed by atoms with Crippen molar-refractivity contribution in [3.05, 3.63) is 69.3 Å². The average Bonchev–Trinajstić information content (AvgIpc) is 2.67. The molecular formula is C20H23N3O5. The Hall–Kier alpha value is -3.26. The monoisotopic (exact) mass is 385 g/mol. The Balaban J connectivity index is 2.00. The summed E-state index contributed by atoms with van der Waals surface area (Å²) in [6.07, 6.45) is 0.718. The van der Waals surface area contributed by atoms with Gasteiger partial charge in [-0.25, -0.2) is 0 Å². The van der Waals surface area contributed by atoms with E-state index in [0.29, 0.717) is 42.1 Å². The third-order valence-corrected chi connectivity index (χ3v) is 3.99. The molecule has 2 aromatic rings. The van der Waals surface area contributed by atoms with Gasteiger partial charge in [0.15, 0.2) is 0 Å². The summed E-state index contributed by atoms with van der Waals surface area (Å²) in [6.45, 7) is 5.21. The zero-order valence-corrected chi connectivity index (χ0v) is 15.9. The SMILES string of the molecule is CCOCCCNC(=O)c1cccc(NC(=O)c2ccc([N+](=O)[O-])c(C)c2)c1. The van der Waals surface area contributed by atoms with Gasteiger partial charge in [0.1, 0.15) is 0 Å². The van der Waals surface area contributed by atoms with E-state index in [9.17, 15) is 19.7 Å². The fourth-order valence-electron chi connectivity index (χ4n) is 2.57. The molecule has 8 nitrogen and oxygen atoms in total. The first kappa shape index (κ1) is 21.0. The van der Waals surface area contributed by atoms with E-state index in [1.54, 1.807) is 31.2 Å². The van der Waals surface area contributed by atoms with Crippen LogP contribution in [-0.2, 0) is 4.74 Å². The van der Waals surface area contributed by atoms with Gasteiger partial charge in [-0.05, 0) is 50.6 Å². The Labute approximate surface area is 163 Å².